The second kappa shape index (κ2) is 8.34. The molecule has 32 heavy (non-hydrogen) atoms. The Balaban J connectivity index is 1.25. The molecule has 1 aliphatic carbocycles. The topological polar surface area (TPSA) is 135 Å². The molecule has 1 saturated carbocycles. The SMILES string of the molecule is Cc1cc(NC(=O)Cn2cnc3nc(N4CCC(C(=O)NC5CC5)CC4)sc3c2=O)no1. The van der Waals surface area contributed by atoms with Crippen molar-refractivity contribution in [2.24, 2.45) is 5.92 Å². The van der Waals surface area contributed by atoms with Crippen molar-refractivity contribution in [3.8, 4) is 0 Å². The van der Waals surface area contributed by atoms with Crippen LogP contribution in [0.5, 0.6) is 0 Å². The maximum absolute atomic E-state index is 12.9. The Morgan fingerprint density at radius 3 is 2.72 bits per heavy atom. The number of nitrogens with one attached hydrogen (secondary N) is 2. The standard InChI is InChI=1S/C20H23N7O4S/c1-11-8-14(25-31-11)23-15(28)9-27-10-21-17-16(19(27)30)32-20(24-17)26-6-4-12(5-7-26)18(29)22-13-2-3-13/h8,10,12-13H,2-7,9H2,1H3,(H,22,29)(H,23,25,28). The van der Waals surface area contributed by atoms with Crippen LogP contribution in [0.3, 0.4) is 0 Å². The molecule has 5 rings (SSSR count). The molecule has 0 aromatic carbocycles. The summed E-state index contributed by atoms with van der Waals surface area (Å²) in [6.45, 7) is 2.94. The third-order valence-corrected chi connectivity index (χ3v) is 6.74. The number of carbonyl (C=O) groups is 2. The largest absolute Gasteiger partial charge is 0.360 e. The molecule has 168 valence electrons. The van der Waals surface area contributed by atoms with Gasteiger partial charge in [0, 0.05) is 31.1 Å². The first kappa shape index (κ1) is 20.6. The van der Waals surface area contributed by atoms with Gasteiger partial charge in [0.05, 0.1) is 0 Å². The lowest BCUT2D eigenvalue weighted by Crippen LogP contribution is -2.41. The smallest absolute Gasteiger partial charge is 0.273 e. The monoisotopic (exact) mass is 457 g/mol. The molecule has 4 heterocycles. The number of anilines is 2. The second-order valence-corrected chi connectivity index (χ2v) is 9.22. The van der Waals surface area contributed by atoms with E-state index in [1.165, 1.54) is 22.2 Å². The minimum atomic E-state index is -0.405. The highest BCUT2D eigenvalue weighted by Gasteiger charge is 2.30. The average Bonchev–Trinajstić information content (AvgIpc) is 3.32. The normalized spacial score (nSPS) is 17.0. The Morgan fingerprint density at radius 1 is 1.25 bits per heavy atom. The van der Waals surface area contributed by atoms with Crippen LogP contribution in [0.2, 0.25) is 0 Å². The van der Waals surface area contributed by atoms with Crippen LogP contribution in [0.25, 0.3) is 10.3 Å². The molecule has 0 spiro atoms. The van der Waals surface area contributed by atoms with E-state index in [2.05, 4.69) is 30.7 Å². The maximum Gasteiger partial charge on any atom is 0.273 e. The van der Waals surface area contributed by atoms with E-state index in [9.17, 15) is 14.4 Å². The molecule has 3 aromatic heterocycles. The summed E-state index contributed by atoms with van der Waals surface area (Å²) in [5, 5.41) is 10.1. The van der Waals surface area contributed by atoms with Crippen LogP contribution >= 0.6 is 11.3 Å². The van der Waals surface area contributed by atoms with Gasteiger partial charge in [0.25, 0.3) is 5.56 Å². The van der Waals surface area contributed by atoms with Crippen molar-refractivity contribution < 1.29 is 14.1 Å². The molecule has 0 radical (unpaired) electrons. The van der Waals surface area contributed by atoms with Crippen molar-refractivity contribution in [2.75, 3.05) is 23.3 Å². The highest BCUT2D eigenvalue weighted by molar-refractivity contribution is 7.22. The number of aromatic nitrogens is 4. The van der Waals surface area contributed by atoms with Gasteiger partial charge in [0.1, 0.15) is 23.3 Å². The summed E-state index contributed by atoms with van der Waals surface area (Å²) in [7, 11) is 0. The van der Waals surface area contributed by atoms with Crippen molar-refractivity contribution in [1.29, 1.82) is 0 Å². The van der Waals surface area contributed by atoms with Crippen molar-refractivity contribution in [1.82, 2.24) is 25.0 Å². The van der Waals surface area contributed by atoms with Gasteiger partial charge in [-0.25, -0.2) is 4.98 Å². The zero-order valence-electron chi connectivity index (χ0n) is 17.5. The predicted octanol–water partition coefficient (Wildman–Crippen LogP) is 1.28. The van der Waals surface area contributed by atoms with Gasteiger partial charge in [0.2, 0.25) is 11.8 Å². The van der Waals surface area contributed by atoms with E-state index in [1.807, 2.05) is 0 Å². The molecule has 3 aromatic rings. The van der Waals surface area contributed by atoms with Gasteiger partial charge >= 0.3 is 0 Å². The van der Waals surface area contributed by atoms with Crippen LogP contribution < -0.4 is 21.1 Å². The first-order chi connectivity index (χ1) is 15.5. The summed E-state index contributed by atoms with van der Waals surface area (Å²) in [4.78, 5) is 48.3. The summed E-state index contributed by atoms with van der Waals surface area (Å²) in [6, 6.07) is 1.97. The van der Waals surface area contributed by atoms with Crippen LogP contribution in [0.1, 0.15) is 31.4 Å². The number of fused-ring (bicyclic) bond motifs is 1. The highest BCUT2D eigenvalue weighted by Crippen LogP contribution is 2.30. The van der Waals surface area contributed by atoms with Crippen LogP contribution in [0, 0.1) is 12.8 Å². The number of rotatable bonds is 6. The zero-order valence-corrected chi connectivity index (χ0v) is 18.4. The number of carbonyl (C=O) groups excluding carboxylic acids is 2. The van der Waals surface area contributed by atoms with Crippen LogP contribution in [-0.2, 0) is 16.1 Å². The molecule has 1 saturated heterocycles. The lowest BCUT2D eigenvalue weighted by molar-refractivity contribution is -0.125. The Labute approximate surface area is 186 Å². The second-order valence-electron chi connectivity index (χ2n) is 8.24. The van der Waals surface area contributed by atoms with Crippen molar-refractivity contribution in [3.63, 3.8) is 0 Å². The van der Waals surface area contributed by atoms with Crippen LogP contribution in [0.4, 0.5) is 10.9 Å². The molecule has 11 nitrogen and oxygen atoms in total. The fourth-order valence-corrected chi connectivity index (χ4v) is 4.75. The number of aryl methyl sites for hydroxylation is 1. The lowest BCUT2D eigenvalue weighted by Gasteiger charge is -2.30. The zero-order chi connectivity index (χ0) is 22.2. The molecule has 1 aliphatic heterocycles. The number of thiazole rings is 1. The van der Waals surface area contributed by atoms with E-state index >= 15 is 0 Å². The minimum Gasteiger partial charge on any atom is -0.360 e. The third-order valence-electron chi connectivity index (χ3n) is 5.64. The summed E-state index contributed by atoms with van der Waals surface area (Å²) < 4.78 is 6.57. The third kappa shape index (κ3) is 4.35. The molecular weight excluding hydrogens is 434 g/mol. The Morgan fingerprint density at radius 2 is 2.03 bits per heavy atom. The molecule has 2 amide bonds. The molecule has 2 N–H and O–H groups in total. The number of hydrogen-bond donors (Lipinski definition) is 2. The van der Waals surface area contributed by atoms with Gasteiger partial charge < -0.3 is 20.1 Å². The van der Waals surface area contributed by atoms with Crippen LogP contribution in [-0.4, -0.2) is 50.6 Å². The molecule has 12 heteroatoms. The minimum absolute atomic E-state index is 0.0311. The number of amides is 2. The van der Waals surface area contributed by atoms with E-state index in [4.69, 9.17) is 4.52 Å². The predicted molar refractivity (Wildman–Crippen MR) is 118 cm³/mol. The van der Waals surface area contributed by atoms with Crippen molar-refractivity contribution in [3.05, 3.63) is 28.5 Å². The van der Waals surface area contributed by atoms with Gasteiger partial charge in [-0.15, -0.1) is 0 Å². The van der Waals surface area contributed by atoms with Gasteiger partial charge in [-0.2, -0.15) is 4.98 Å². The first-order valence-electron chi connectivity index (χ1n) is 10.6. The van der Waals surface area contributed by atoms with Crippen molar-refractivity contribution in [2.45, 2.75) is 45.2 Å². The van der Waals surface area contributed by atoms with E-state index < -0.39 is 5.91 Å². The summed E-state index contributed by atoms with van der Waals surface area (Å²) in [6.07, 6.45) is 5.02. The number of nitrogens with zero attached hydrogens (tertiary/aromatic N) is 5. The first-order valence-corrected chi connectivity index (χ1v) is 11.4. The fourth-order valence-electron chi connectivity index (χ4n) is 3.73. The van der Waals surface area contributed by atoms with Gasteiger partial charge in [-0.05, 0) is 32.6 Å². The van der Waals surface area contributed by atoms with Gasteiger partial charge in [-0.1, -0.05) is 16.5 Å². The molecular formula is C20H23N7O4S. The quantitative estimate of drug-likeness (QED) is 0.565. The van der Waals surface area contributed by atoms with E-state index in [0.29, 0.717) is 46.2 Å². The van der Waals surface area contributed by atoms with Crippen LogP contribution in [0.15, 0.2) is 21.7 Å². The van der Waals surface area contributed by atoms with E-state index in [-0.39, 0.29) is 23.9 Å². The van der Waals surface area contributed by atoms with E-state index in [1.54, 1.807) is 13.0 Å². The summed E-state index contributed by atoms with van der Waals surface area (Å²) in [5.74, 6) is 0.649. The molecule has 2 fully saturated rings. The average molecular weight is 458 g/mol. The molecule has 0 bridgehead atoms. The maximum atomic E-state index is 12.9. The molecule has 0 atom stereocenters. The Hall–Kier alpha value is -3.28. The summed E-state index contributed by atoms with van der Waals surface area (Å²) >= 11 is 1.27. The Bertz CT molecular complexity index is 1220. The van der Waals surface area contributed by atoms with E-state index in [0.717, 1.165) is 25.7 Å². The van der Waals surface area contributed by atoms with Gasteiger partial charge in [-0.3, -0.25) is 19.0 Å². The number of piperidine rings is 1. The summed E-state index contributed by atoms with van der Waals surface area (Å²) in [5.41, 5.74) is 0.0521. The number of hydrogen-bond acceptors (Lipinski definition) is 9. The highest BCUT2D eigenvalue weighted by atomic mass is 32.1. The molecule has 0 unspecified atom stereocenters. The Kier molecular flexibility index (Phi) is 5.37. The fraction of sp³-hybridized carbons (Fsp3) is 0.500. The van der Waals surface area contributed by atoms with Crippen molar-refractivity contribution >= 4 is 44.4 Å². The lowest BCUT2D eigenvalue weighted by atomic mass is 9.96. The van der Waals surface area contributed by atoms with Gasteiger partial charge in [0.15, 0.2) is 16.6 Å². The molecule has 2 aliphatic rings.